The molecule has 4 nitrogen and oxygen atoms in total. The maximum absolute atomic E-state index is 11.8. The number of aromatic hydroxyl groups is 1. The number of carbonyl (C=O) groups excluding carboxylic acids is 1. The third-order valence-corrected chi connectivity index (χ3v) is 6.44. The highest BCUT2D eigenvalue weighted by Gasteiger charge is 2.01. The Morgan fingerprint density at radius 1 is 0.606 bits per heavy atom. The summed E-state index contributed by atoms with van der Waals surface area (Å²) in [5, 5.41) is 14.9. The first-order valence-electron chi connectivity index (χ1n) is 14.1. The molecule has 1 rings (SSSR count). The first-order chi connectivity index (χ1) is 16.2. The lowest BCUT2D eigenvalue weighted by Crippen LogP contribution is -2.29. The molecule has 0 aliphatic heterocycles. The predicted octanol–water partition coefficient (Wildman–Crippen LogP) is 9.34. The molecule has 1 aromatic carbocycles. The van der Waals surface area contributed by atoms with Crippen molar-refractivity contribution in [1.29, 1.82) is 0 Å². The maximum atomic E-state index is 11.8. The molecule has 0 aliphatic rings. The Balaban J connectivity index is 1.73. The van der Waals surface area contributed by atoms with Crippen molar-refractivity contribution in [2.75, 3.05) is 11.9 Å². The van der Waals surface area contributed by atoms with Crippen LogP contribution in [0.1, 0.15) is 135 Å². The molecule has 0 bridgehead atoms. The summed E-state index contributed by atoms with van der Waals surface area (Å²) in [6.45, 7) is 3.00. The van der Waals surface area contributed by atoms with Gasteiger partial charge in [-0.25, -0.2) is 4.79 Å². The van der Waals surface area contributed by atoms with E-state index in [0.29, 0.717) is 12.2 Å². The number of hydrogen-bond donors (Lipinski definition) is 3. The molecule has 0 unspecified atom stereocenters. The molecule has 0 radical (unpaired) electrons. The third-order valence-electron chi connectivity index (χ3n) is 6.44. The Morgan fingerprint density at radius 3 is 1.36 bits per heavy atom. The fraction of sp³-hybridized carbons (Fsp3) is 0.759. The minimum Gasteiger partial charge on any atom is -0.508 e. The minimum absolute atomic E-state index is 0.182. The molecule has 0 atom stereocenters. The average molecular weight is 461 g/mol. The Bertz CT molecular complexity index is 559. The highest BCUT2D eigenvalue weighted by molar-refractivity contribution is 5.89. The van der Waals surface area contributed by atoms with Crippen LogP contribution in [-0.2, 0) is 0 Å². The second-order valence-electron chi connectivity index (χ2n) is 9.65. The van der Waals surface area contributed by atoms with E-state index >= 15 is 0 Å². The minimum atomic E-state index is -0.182. The van der Waals surface area contributed by atoms with E-state index < -0.39 is 0 Å². The van der Waals surface area contributed by atoms with Gasteiger partial charge < -0.3 is 15.7 Å². The number of rotatable bonds is 22. The number of anilines is 1. The Morgan fingerprint density at radius 2 is 0.970 bits per heavy atom. The molecular weight excluding hydrogens is 408 g/mol. The summed E-state index contributed by atoms with van der Waals surface area (Å²) in [5.41, 5.74) is 0.689. The van der Waals surface area contributed by atoms with Crippen LogP contribution in [0.3, 0.4) is 0 Å². The van der Waals surface area contributed by atoms with Crippen molar-refractivity contribution in [2.24, 2.45) is 0 Å². The van der Waals surface area contributed by atoms with Crippen LogP contribution in [0, 0.1) is 0 Å². The summed E-state index contributed by atoms with van der Waals surface area (Å²) in [4.78, 5) is 11.8. The van der Waals surface area contributed by atoms with E-state index in [4.69, 9.17) is 0 Å². The first kappa shape index (κ1) is 29.3. The summed E-state index contributed by atoms with van der Waals surface area (Å²) < 4.78 is 0. The van der Waals surface area contributed by atoms with Crippen molar-refractivity contribution in [3.05, 3.63) is 24.3 Å². The van der Waals surface area contributed by atoms with Crippen molar-refractivity contribution >= 4 is 11.7 Å². The number of carbonyl (C=O) groups is 1. The number of nitrogens with one attached hydrogen (secondary N) is 2. The summed E-state index contributed by atoms with van der Waals surface area (Å²) in [6.07, 6.45) is 27.6. The van der Waals surface area contributed by atoms with E-state index in [1.807, 2.05) is 0 Å². The van der Waals surface area contributed by atoms with Gasteiger partial charge in [0.1, 0.15) is 5.75 Å². The highest BCUT2D eigenvalue weighted by atomic mass is 16.3. The van der Waals surface area contributed by atoms with Gasteiger partial charge >= 0.3 is 6.03 Å². The van der Waals surface area contributed by atoms with Gasteiger partial charge in [0.15, 0.2) is 0 Å². The lowest BCUT2D eigenvalue weighted by molar-refractivity contribution is 0.252. The van der Waals surface area contributed by atoms with Crippen molar-refractivity contribution < 1.29 is 9.90 Å². The Labute approximate surface area is 204 Å². The molecule has 190 valence electrons. The molecule has 0 spiro atoms. The summed E-state index contributed by atoms with van der Waals surface area (Å²) in [5.74, 6) is 0.199. The zero-order valence-corrected chi connectivity index (χ0v) is 21.5. The van der Waals surface area contributed by atoms with E-state index in [0.717, 1.165) is 6.42 Å². The van der Waals surface area contributed by atoms with Gasteiger partial charge in [-0.05, 0) is 30.7 Å². The number of benzene rings is 1. The number of unbranched alkanes of at least 4 members (excludes halogenated alkanes) is 19. The smallest absolute Gasteiger partial charge is 0.319 e. The van der Waals surface area contributed by atoms with Crippen LogP contribution >= 0.6 is 0 Å². The molecule has 0 aromatic heterocycles. The molecule has 3 N–H and O–H groups in total. The van der Waals surface area contributed by atoms with Crippen molar-refractivity contribution in [2.45, 2.75) is 135 Å². The van der Waals surface area contributed by atoms with Gasteiger partial charge in [0.2, 0.25) is 0 Å². The van der Waals surface area contributed by atoms with Crippen molar-refractivity contribution in [3.8, 4) is 5.75 Å². The van der Waals surface area contributed by atoms with Gasteiger partial charge in [-0.15, -0.1) is 0 Å². The zero-order chi connectivity index (χ0) is 23.8. The second kappa shape index (κ2) is 22.1. The number of amides is 2. The quantitative estimate of drug-likeness (QED) is 0.119. The van der Waals surface area contributed by atoms with Gasteiger partial charge in [0.05, 0.1) is 0 Å². The molecule has 1 aromatic rings. The number of phenols is 1. The standard InChI is InChI=1S/C29H52N2O2/c1-2-3-4-5-6-7-8-9-10-11-12-13-14-15-16-17-18-19-20-21-26-30-29(33)31-27-22-24-28(32)25-23-27/h22-25,32H,2-21,26H2,1H3,(H2,30,31,33). The second-order valence-corrected chi connectivity index (χ2v) is 9.65. The van der Waals surface area contributed by atoms with Crippen LogP contribution in [0.25, 0.3) is 0 Å². The van der Waals surface area contributed by atoms with E-state index in [1.165, 1.54) is 122 Å². The fourth-order valence-electron chi connectivity index (χ4n) is 4.30. The molecular formula is C29H52N2O2. The highest BCUT2D eigenvalue weighted by Crippen LogP contribution is 2.15. The van der Waals surface area contributed by atoms with Crippen LogP contribution in [0.4, 0.5) is 10.5 Å². The number of hydrogen-bond acceptors (Lipinski definition) is 2. The Hall–Kier alpha value is -1.71. The molecule has 0 heterocycles. The largest absolute Gasteiger partial charge is 0.508 e. The van der Waals surface area contributed by atoms with E-state index in [1.54, 1.807) is 24.3 Å². The molecule has 0 aliphatic carbocycles. The van der Waals surface area contributed by atoms with Crippen LogP contribution in [0.2, 0.25) is 0 Å². The number of phenolic OH excluding ortho intramolecular Hbond substituents is 1. The average Bonchev–Trinajstić information content (AvgIpc) is 2.81. The molecule has 0 fully saturated rings. The summed E-state index contributed by atoms with van der Waals surface area (Å²) in [6, 6.07) is 6.32. The van der Waals surface area contributed by atoms with E-state index in [2.05, 4.69) is 17.6 Å². The maximum Gasteiger partial charge on any atom is 0.319 e. The van der Waals surface area contributed by atoms with Crippen molar-refractivity contribution in [3.63, 3.8) is 0 Å². The molecule has 33 heavy (non-hydrogen) atoms. The van der Waals surface area contributed by atoms with Gasteiger partial charge in [-0.2, -0.15) is 0 Å². The molecule has 4 heteroatoms. The van der Waals surface area contributed by atoms with Gasteiger partial charge in [0, 0.05) is 12.2 Å². The zero-order valence-electron chi connectivity index (χ0n) is 21.5. The first-order valence-corrected chi connectivity index (χ1v) is 14.1. The molecule has 0 saturated heterocycles. The lowest BCUT2D eigenvalue weighted by atomic mass is 10.0. The molecule has 2 amide bonds. The monoisotopic (exact) mass is 460 g/mol. The van der Waals surface area contributed by atoms with Crippen LogP contribution < -0.4 is 10.6 Å². The Kier molecular flexibility index (Phi) is 19.6. The lowest BCUT2D eigenvalue weighted by Gasteiger charge is -2.07. The molecule has 0 saturated carbocycles. The number of urea groups is 1. The van der Waals surface area contributed by atoms with Crippen LogP contribution in [-0.4, -0.2) is 17.7 Å². The van der Waals surface area contributed by atoms with Gasteiger partial charge in [0.25, 0.3) is 0 Å². The fourth-order valence-corrected chi connectivity index (χ4v) is 4.30. The summed E-state index contributed by atoms with van der Waals surface area (Å²) >= 11 is 0. The van der Waals surface area contributed by atoms with Crippen molar-refractivity contribution in [1.82, 2.24) is 5.32 Å². The van der Waals surface area contributed by atoms with Gasteiger partial charge in [-0.3, -0.25) is 0 Å². The summed E-state index contributed by atoms with van der Waals surface area (Å²) in [7, 11) is 0. The topological polar surface area (TPSA) is 61.4 Å². The SMILES string of the molecule is CCCCCCCCCCCCCCCCCCCCCCNC(=O)Nc1ccc(O)cc1. The normalized spacial score (nSPS) is 10.9. The third kappa shape index (κ3) is 19.5. The van der Waals surface area contributed by atoms with Gasteiger partial charge in [-0.1, -0.05) is 129 Å². The van der Waals surface area contributed by atoms with Crippen LogP contribution in [0.5, 0.6) is 5.75 Å². The van der Waals surface area contributed by atoms with E-state index in [9.17, 15) is 9.90 Å². The predicted molar refractivity (Wildman–Crippen MR) is 143 cm³/mol. The van der Waals surface area contributed by atoms with Crippen LogP contribution in [0.15, 0.2) is 24.3 Å². The van der Waals surface area contributed by atoms with E-state index in [-0.39, 0.29) is 11.8 Å².